The van der Waals surface area contributed by atoms with Crippen molar-refractivity contribution >= 4 is 0 Å². The Bertz CT molecular complexity index is 475. The molecule has 0 amide bonds. The number of hydrogen-bond acceptors (Lipinski definition) is 4. The Kier molecular flexibility index (Phi) is 5.08. The highest BCUT2D eigenvalue weighted by molar-refractivity contribution is 5.19. The molecule has 2 fully saturated rings. The van der Waals surface area contributed by atoms with Crippen molar-refractivity contribution in [3.8, 4) is 0 Å². The standard InChI is InChI=1S/C17H24FNO3/c18-15-3-1-14(2-4-15)11-17(13-20)12-19(7-10-22-17)16-5-8-21-9-6-16/h1-4,16,20H,5-13H2/t17-/m0/s1. The van der Waals surface area contributed by atoms with Gasteiger partial charge in [0.05, 0.1) is 13.2 Å². The van der Waals surface area contributed by atoms with Gasteiger partial charge in [0.2, 0.25) is 0 Å². The molecule has 4 nitrogen and oxygen atoms in total. The second-order valence-electron chi connectivity index (χ2n) is 6.31. The van der Waals surface area contributed by atoms with Gasteiger partial charge in [-0.15, -0.1) is 0 Å². The zero-order valence-electron chi connectivity index (χ0n) is 12.8. The normalized spacial score (nSPS) is 27.9. The van der Waals surface area contributed by atoms with Crippen molar-refractivity contribution in [2.24, 2.45) is 0 Å². The van der Waals surface area contributed by atoms with Gasteiger partial charge in [0.25, 0.3) is 0 Å². The third-order valence-electron chi connectivity index (χ3n) is 4.71. The SMILES string of the molecule is OC[C@]1(Cc2ccc(F)cc2)CN(C2CCOCC2)CCO1. The van der Waals surface area contributed by atoms with Crippen LogP contribution < -0.4 is 0 Å². The fraction of sp³-hybridized carbons (Fsp3) is 0.647. The number of aliphatic hydroxyl groups excluding tert-OH is 1. The van der Waals surface area contributed by atoms with Crippen molar-refractivity contribution in [3.05, 3.63) is 35.6 Å². The summed E-state index contributed by atoms with van der Waals surface area (Å²) in [5.41, 5.74) is 0.401. The van der Waals surface area contributed by atoms with Crippen LogP contribution in [0.1, 0.15) is 18.4 Å². The van der Waals surface area contributed by atoms with E-state index >= 15 is 0 Å². The van der Waals surface area contributed by atoms with Crippen molar-refractivity contribution in [3.63, 3.8) is 0 Å². The summed E-state index contributed by atoms with van der Waals surface area (Å²) in [4.78, 5) is 2.42. The Morgan fingerprint density at radius 1 is 1.18 bits per heavy atom. The number of hydrogen-bond donors (Lipinski definition) is 1. The van der Waals surface area contributed by atoms with Gasteiger partial charge in [-0.2, -0.15) is 0 Å². The van der Waals surface area contributed by atoms with Gasteiger partial charge in [0, 0.05) is 38.8 Å². The van der Waals surface area contributed by atoms with Crippen LogP contribution in [-0.2, 0) is 15.9 Å². The van der Waals surface area contributed by atoms with E-state index in [-0.39, 0.29) is 12.4 Å². The van der Waals surface area contributed by atoms with Crippen LogP contribution in [0.25, 0.3) is 0 Å². The van der Waals surface area contributed by atoms with Crippen molar-refractivity contribution in [2.45, 2.75) is 30.9 Å². The smallest absolute Gasteiger partial charge is 0.123 e. The molecule has 0 radical (unpaired) electrons. The summed E-state index contributed by atoms with van der Waals surface area (Å²) in [5, 5.41) is 9.92. The van der Waals surface area contributed by atoms with E-state index in [9.17, 15) is 9.50 Å². The first-order valence-corrected chi connectivity index (χ1v) is 8.02. The molecule has 2 heterocycles. The van der Waals surface area contributed by atoms with Gasteiger partial charge in [-0.1, -0.05) is 12.1 Å². The molecule has 0 aromatic heterocycles. The number of morpholine rings is 1. The van der Waals surface area contributed by atoms with Crippen molar-refractivity contribution in [1.82, 2.24) is 4.90 Å². The quantitative estimate of drug-likeness (QED) is 0.917. The van der Waals surface area contributed by atoms with Crippen LogP contribution in [0.15, 0.2) is 24.3 Å². The summed E-state index contributed by atoms with van der Waals surface area (Å²) in [7, 11) is 0. The lowest BCUT2D eigenvalue weighted by Crippen LogP contribution is -2.58. The third kappa shape index (κ3) is 3.66. The highest BCUT2D eigenvalue weighted by Gasteiger charge is 2.38. The van der Waals surface area contributed by atoms with Crippen LogP contribution in [0, 0.1) is 5.82 Å². The molecule has 3 rings (SSSR count). The van der Waals surface area contributed by atoms with Gasteiger partial charge in [-0.3, -0.25) is 4.90 Å². The fourth-order valence-electron chi connectivity index (χ4n) is 3.47. The van der Waals surface area contributed by atoms with Gasteiger partial charge in [0.15, 0.2) is 0 Å². The number of halogens is 1. The van der Waals surface area contributed by atoms with Gasteiger partial charge in [-0.25, -0.2) is 4.39 Å². The predicted molar refractivity (Wildman–Crippen MR) is 81.3 cm³/mol. The first-order valence-electron chi connectivity index (χ1n) is 8.02. The number of nitrogens with zero attached hydrogens (tertiary/aromatic N) is 1. The molecule has 0 unspecified atom stereocenters. The molecule has 2 aliphatic heterocycles. The summed E-state index contributed by atoms with van der Waals surface area (Å²) in [6, 6.07) is 6.96. The van der Waals surface area contributed by atoms with Crippen molar-refractivity contribution in [2.75, 3.05) is 39.5 Å². The van der Waals surface area contributed by atoms with E-state index in [0.29, 0.717) is 25.6 Å². The largest absolute Gasteiger partial charge is 0.393 e. The fourth-order valence-corrected chi connectivity index (χ4v) is 3.47. The van der Waals surface area contributed by atoms with Crippen molar-refractivity contribution < 1.29 is 19.0 Å². The van der Waals surface area contributed by atoms with E-state index in [1.54, 1.807) is 12.1 Å². The zero-order chi connectivity index (χ0) is 15.4. The van der Waals surface area contributed by atoms with Gasteiger partial charge in [0.1, 0.15) is 11.4 Å². The van der Waals surface area contributed by atoms with E-state index in [2.05, 4.69) is 4.90 Å². The number of ether oxygens (including phenoxy) is 2. The molecule has 0 aliphatic carbocycles. The van der Waals surface area contributed by atoms with Crippen LogP contribution in [0.3, 0.4) is 0 Å². The van der Waals surface area contributed by atoms with E-state index in [1.165, 1.54) is 12.1 Å². The number of aliphatic hydroxyl groups is 1. The highest BCUT2D eigenvalue weighted by Crippen LogP contribution is 2.26. The van der Waals surface area contributed by atoms with Crippen molar-refractivity contribution in [1.29, 1.82) is 0 Å². The van der Waals surface area contributed by atoms with E-state index in [4.69, 9.17) is 9.47 Å². The van der Waals surface area contributed by atoms with E-state index < -0.39 is 5.60 Å². The van der Waals surface area contributed by atoms with Crippen LogP contribution in [0.2, 0.25) is 0 Å². The molecular weight excluding hydrogens is 285 g/mol. The maximum atomic E-state index is 13.0. The highest BCUT2D eigenvalue weighted by atomic mass is 19.1. The minimum absolute atomic E-state index is 0.0237. The first-order chi connectivity index (χ1) is 10.7. The monoisotopic (exact) mass is 309 g/mol. The van der Waals surface area contributed by atoms with Crippen LogP contribution >= 0.6 is 0 Å². The maximum absolute atomic E-state index is 13.0. The van der Waals surface area contributed by atoms with E-state index in [0.717, 1.165) is 38.2 Å². The Morgan fingerprint density at radius 3 is 2.59 bits per heavy atom. The zero-order valence-corrected chi connectivity index (χ0v) is 12.8. The summed E-state index contributed by atoms with van der Waals surface area (Å²) < 4.78 is 24.4. The average molecular weight is 309 g/mol. The van der Waals surface area contributed by atoms with Crippen LogP contribution in [-0.4, -0.2) is 61.2 Å². The lowest BCUT2D eigenvalue weighted by Gasteiger charge is -2.45. The van der Waals surface area contributed by atoms with Crippen LogP contribution in [0.4, 0.5) is 4.39 Å². The lowest BCUT2D eigenvalue weighted by atomic mass is 9.91. The minimum Gasteiger partial charge on any atom is -0.393 e. The summed E-state index contributed by atoms with van der Waals surface area (Å²) >= 11 is 0. The molecule has 1 N–H and O–H groups in total. The second kappa shape index (κ2) is 7.04. The average Bonchev–Trinajstić information content (AvgIpc) is 2.58. The molecule has 122 valence electrons. The molecule has 1 atom stereocenters. The Balaban J connectivity index is 1.69. The maximum Gasteiger partial charge on any atom is 0.123 e. The summed E-state index contributed by atoms with van der Waals surface area (Å²) in [5.74, 6) is -0.241. The van der Waals surface area contributed by atoms with Crippen LogP contribution in [0.5, 0.6) is 0 Å². The Morgan fingerprint density at radius 2 is 1.91 bits per heavy atom. The number of benzene rings is 1. The topological polar surface area (TPSA) is 41.9 Å². The first kappa shape index (κ1) is 15.9. The van der Waals surface area contributed by atoms with E-state index in [1.807, 2.05) is 0 Å². The predicted octanol–water partition coefficient (Wildman–Crippen LogP) is 1.61. The van der Waals surface area contributed by atoms with Gasteiger partial charge in [-0.05, 0) is 30.5 Å². The molecule has 2 aliphatic rings. The second-order valence-corrected chi connectivity index (χ2v) is 6.31. The minimum atomic E-state index is -0.589. The summed E-state index contributed by atoms with van der Waals surface area (Å²) in [6.45, 7) is 3.84. The Labute approximate surface area is 130 Å². The molecule has 2 saturated heterocycles. The molecule has 0 saturated carbocycles. The molecule has 1 aromatic carbocycles. The third-order valence-corrected chi connectivity index (χ3v) is 4.71. The summed E-state index contributed by atoms with van der Waals surface area (Å²) in [6.07, 6.45) is 2.68. The molecule has 0 spiro atoms. The Hall–Kier alpha value is -1.01. The molecule has 22 heavy (non-hydrogen) atoms. The number of rotatable bonds is 4. The molecular formula is C17H24FNO3. The molecule has 1 aromatic rings. The molecule has 0 bridgehead atoms. The van der Waals surface area contributed by atoms with Gasteiger partial charge >= 0.3 is 0 Å². The van der Waals surface area contributed by atoms with Gasteiger partial charge < -0.3 is 14.6 Å². The lowest BCUT2D eigenvalue weighted by molar-refractivity contribution is -0.146. The molecule has 5 heteroatoms.